The molecule has 0 amide bonds. The summed E-state index contributed by atoms with van der Waals surface area (Å²) in [7, 11) is 0. The first-order valence-corrected chi connectivity index (χ1v) is 5.35. The maximum atomic E-state index is 11.7. The fraction of sp³-hybridized carbons (Fsp3) is 0.545. The topological polar surface area (TPSA) is 81.4 Å². The average Bonchev–Trinajstić information content (AvgIpc) is 2.21. The molecule has 0 radical (unpaired) electrons. The zero-order chi connectivity index (χ0) is 13.0. The minimum absolute atomic E-state index is 0.0267. The van der Waals surface area contributed by atoms with Gasteiger partial charge in [-0.15, -0.1) is 0 Å². The number of carboxylic acid groups (broad SMARTS) is 1. The number of hydrogen-bond acceptors (Lipinski definition) is 4. The van der Waals surface area contributed by atoms with Gasteiger partial charge in [0.2, 0.25) is 0 Å². The molecule has 0 fully saturated rings. The lowest BCUT2D eigenvalue weighted by Crippen LogP contribution is -2.35. The molecule has 0 aliphatic rings. The average molecular weight is 240 g/mol. The SMILES string of the molecule is CCOC(Cn1c(C)nc(C)cc1=O)C(=O)O. The zero-order valence-corrected chi connectivity index (χ0v) is 10.1. The van der Waals surface area contributed by atoms with E-state index in [0.29, 0.717) is 11.5 Å². The van der Waals surface area contributed by atoms with Crippen LogP contribution in [0.1, 0.15) is 18.4 Å². The van der Waals surface area contributed by atoms with Crippen LogP contribution >= 0.6 is 0 Å². The van der Waals surface area contributed by atoms with E-state index in [0.717, 1.165) is 0 Å². The number of carbonyl (C=O) groups is 1. The van der Waals surface area contributed by atoms with Crippen molar-refractivity contribution >= 4 is 5.97 Å². The third-order valence-electron chi connectivity index (χ3n) is 2.32. The van der Waals surface area contributed by atoms with Crippen LogP contribution in [-0.2, 0) is 16.1 Å². The second kappa shape index (κ2) is 5.58. The Labute approximate surface area is 98.9 Å². The summed E-state index contributed by atoms with van der Waals surface area (Å²) < 4.78 is 6.37. The Hall–Kier alpha value is -1.69. The Morgan fingerprint density at radius 2 is 2.24 bits per heavy atom. The number of aliphatic carboxylic acids is 1. The fourth-order valence-corrected chi connectivity index (χ4v) is 1.56. The van der Waals surface area contributed by atoms with Gasteiger partial charge in [-0.05, 0) is 20.8 Å². The fourth-order valence-electron chi connectivity index (χ4n) is 1.56. The molecule has 6 nitrogen and oxygen atoms in total. The van der Waals surface area contributed by atoms with Gasteiger partial charge in [0, 0.05) is 18.4 Å². The van der Waals surface area contributed by atoms with Crippen LogP contribution in [0.5, 0.6) is 0 Å². The number of ether oxygens (including phenoxy) is 1. The monoisotopic (exact) mass is 240 g/mol. The van der Waals surface area contributed by atoms with Gasteiger partial charge in [0.15, 0.2) is 6.10 Å². The van der Waals surface area contributed by atoms with Crippen molar-refractivity contribution in [1.29, 1.82) is 0 Å². The third-order valence-corrected chi connectivity index (χ3v) is 2.32. The number of rotatable bonds is 5. The van der Waals surface area contributed by atoms with Gasteiger partial charge in [-0.25, -0.2) is 9.78 Å². The van der Waals surface area contributed by atoms with Crippen LogP contribution in [0.4, 0.5) is 0 Å². The highest BCUT2D eigenvalue weighted by Crippen LogP contribution is 2.00. The predicted molar refractivity (Wildman–Crippen MR) is 61.0 cm³/mol. The maximum absolute atomic E-state index is 11.7. The molecule has 0 saturated heterocycles. The van der Waals surface area contributed by atoms with Gasteiger partial charge < -0.3 is 9.84 Å². The lowest BCUT2D eigenvalue weighted by Gasteiger charge is -2.15. The summed E-state index contributed by atoms with van der Waals surface area (Å²) in [6, 6.07) is 1.37. The summed E-state index contributed by atoms with van der Waals surface area (Å²) in [6.45, 7) is 5.35. The quantitative estimate of drug-likeness (QED) is 0.803. The molecule has 17 heavy (non-hydrogen) atoms. The van der Waals surface area contributed by atoms with Gasteiger partial charge in [-0.2, -0.15) is 0 Å². The molecule has 0 aliphatic carbocycles. The van der Waals surface area contributed by atoms with Crippen molar-refractivity contribution in [3.05, 3.63) is 27.9 Å². The molecule has 0 bridgehead atoms. The molecular weight excluding hydrogens is 224 g/mol. The van der Waals surface area contributed by atoms with Gasteiger partial charge in [-0.3, -0.25) is 9.36 Å². The van der Waals surface area contributed by atoms with Crippen LogP contribution < -0.4 is 5.56 Å². The molecule has 1 rings (SSSR count). The highest BCUT2D eigenvalue weighted by Gasteiger charge is 2.19. The van der Waals surface area contributed by atoms with Crippen LogP contribution in [0.15, 0.2) is 10.9 Å². The standard InChI is InChI=1S/C11H16N2O4/c1-4-17-9(11(15)16)6-13-8(3)12-7(2)5-10(13)14/h5,9H,4,6H2,1-3H3,(H,15,16). The van der Waals surface area contributed by atoms with E-state index in [1.165, 1.54) is 10.6 Å². The first-order chi connectivity index (χ1) is 7.95. The highest BCUT2D eigenvalue weighted by atomic mass is 16.5. The Balaban J connectivity index is 3.01. The second-order valence-corrected chi connectivity index (χ2v) is 3.68. The zero-order valence-electron chi connectivity index (χ0n) is 10.1. The number of nitrogens with zero attached hydrogens (tertiary/aromatic N) is 2. The minimum atomic E-state index is -1.08. The van der Waals surface area contributed by atoms with Crippen LogP contribution in [0.2, 0.25) is 0 Å². The minimum Gasteiger partial charge on any atom is -0.479 e. The van der Waals surface area contributed by atoms with E-state index >= 15 is 0 Å². The summed E-state index contributed by atoms with van der Waals surface area (Å²) in [6.07, 6.45) is -1.03. The van der Waals surface area contributed by atoms with E-state index in [4.69, 9.17) is 9.84 Å². The first-order valence-electron chi connectivity index (χ1n) is 5.35. The lowest BCUT2D eigenvalue weighted by atomic mass is 10.3. The van der Waals surface area contributed by atoms with Crippen molar-refractivity contribution in [2.24, 2.45) is 0 Å². The summed E-state index contributed by atoms with van der Waals surface area (Å²) in [5, 5.41) is 8.94. The van der Waals surface area contributed by atoms with Gasteiger partial charge in [0.1, 0.15) is 5.82 Å². The molecule has 1 atom stereocenters. The molecule has 6 heteroatoms. The molecule has 1 N–H and O–H groups in total. The normalized spacial score (nSPS) is 12.4. The van der Waals surface area contributed by atoms with E-state index in [9.17, 15) is 9.59 Å². The Morgan fingerprint density at radius 3 is 2.71 bits per heavy atom. The number of carboxylic acids is 1. The maximum Gasteiger partial charge on any atom is 0.334 e. The lowest BCUT2D eigenvalue weighted by molar-refractivity contribution is -0.151. The number of aromatic nitrogens is 2. The van der Waals surface area contributed by atoms with Crippen molar-refractivity contribution in [3.8, 4) is 0 Å². The molecule has 0 saturated carbocycles. The molecule has 1 aromatic heterocycles. The molecular formula is C11H16N2O4. The van der Waals surface area contributed by atoms with Gasteiger partial charge >= 0.3 is 5.97 Å². The third kappa shape index (κ3) is 3.39. The molecule has 0 aliphatic heterocycles. The van der Waals surface area contributed by atoms with Crippen molar-refractivity contribution < 1.29 is 14.6 Å². The van der Waals surface area contributed by atoms with Gasteiger partial charge in [0.25, 0.3) is 5.56 Å². The molecule has 94 valence electrons. The van der Waals surface area contributed by atoms with E-state index in [1.54, 1.807) is 20.8 Å². The van der Waals surface area contributed by atoms with Crippen molar-refractivity contribution in [3.63, 3.8) is 0 Å². The molecule has 1 unspecified atom stereocenters. The van der Waals surface area contributed by atoms with Gasteiger partial charge in [-0.1, -0.05) is 0 Å². The van der Waals surface area contributed by atoms with Crippen LogP contribution in [-0.4, -0.2) is 33.3 Å². The Morgan fingerprint density at radius 1 is 1.59 bits per heavy atom. The second-order valence-electron chi connectivity index (χ2n) is 3.68. The van der Waals surface area contributed by atoms with E-state index in [1.807, 2.05) is 0 Å². The van der Waals surface area contributed by atoms with E-state index in [-0.39, 0.29) is 18.7 Å². The van der Waals surface area contributed by atoms with E-state index < -0.39 is 12.1 Å². The summed E-state index contributed by atoms with van der Waals surface area (Å²) in [4.78, 5) is 26.7. The molecule has 1 aromatic rings. The summed E-state index contributed by atoms with van der Waals surface area (Å²) in [5.74, 6) is -0.598. The van der Waals surface area contributed by atoms with Crippen LogP contribution in [0.25, 0.3) is 0 Å². The largest absolute Gasteiger partial charge is 0.479 e. The Kier molecular flexibility index (Phi) is 4.39. The van der Waals surface area contributed by atoms with Crippen molar-refractivity contribution in [2.75, 3.05) is 6.61 Å². The number of aryl methyl sites for hydroxylation is 2. The smallest absolute Gasteiger partial charge is 0.334 e. The van der Waals surface area contributed by atoms with Crippen LogP contribution in [0.3, 0.4) is 0 Å². The van der Waals surface area contributed by atoms with Crippen molar-refractivity contribution in [1.82, 2.24) is 9.55 Å². The van der Waals surface area contributed by atoms with Crippen LogP contribution in [0, 0.1) is 13.8 Å². The summed E-state index contributed by atoms with van der Waals surface area (Å²) in [5.41, 5.74) is 0.355. The summed E-state index contributed by atoms with van der Waals surface area (Å²) >= 11 is 0. The van der Waals surface area contributed by atoms with E-state index in [2.05, 4.69) is 4.98 Å². The first kappa shape index (κ1) is 13.4. The molecule has 0 aromatic carbocycles. The molecule has 0 spiro atoms. The Bertz CT molecular complexity index is 467. The molecule has 1 heterocycles. The number of hydrogen-bond donors (Lipinski definition) is 1. The highest BCUT2D eigenvalue weighted by molar-refractivity contribution is 5.72. The predicted octanol–water partition coefficient (Wildman–Crippen LogP) is 0.350. The van der Waals surface area contributed by atoms with Crippen molar-refractivity contribution in [2.45, 2.75) is 33.4 Å². The van der Waals surface area contributed by atoms with Gasteiger partial charge in [0.05, 0.1) is 6.54 Å².